The van der Waals surface area contributed by atoms with Crippen molar-refractivity contribution in [1.82, 2.24) is 9.88 Å². The fourth-order valence-electron chi connectivity index (χ4n) is 2.74. The summed E-state index contributed by atoms with van der Waals surface area (Å²) in [5.74, 6) is 0.568. The zero-order valence-electron chi connectivity index (χ0n) is 13.0. The molecular weight excluding hydrogens is 391 g/mol. The van der Waals surface area contributed by atoms with Crippen LogP contribution < -0.4 is 16.6 Å². The summed E-state index contributed by atoms with van der Waals surface area (Å²) >= 11 is 0. The first-order chi connectivity index (χ1) is 10.3. The maximum atomic E-state index is 11.5. The van der Waals surface area contributed by atoms with Crippen molar-refractivity contribution in [3.8, 4) is 0 Å². The number of nitrogens with one attached hydrogen (secondary N) is 1. The SMILES string of the molecule is I.NC(=NCCCCn1ccccc1=O)NC1CCCCC1. The van der Waals surface area contributed by atoms with E-state index in [4.69, 9.17) is 5.73 Å². The lowest BCUT2D eigenvalue weighted by atomic mass is 9.96. The maximum Gasteiger partial charge on any atom is 0.250 e. The summed E-state index contributed by atoms with van der Waals surface area (Å²) in [6.45, 7) is 1.46. The molecule has 0 bridgehead atoms. The topological polar surface area (TPSA) is 72.4 Å². The molecule has 5 nitrogen and oxygen atoms in total. The van der Waals surface area contributed by atoms with Gasteiger partial charge in [-0.3, -0.25) is 9.79 Å². The lowest BCUT2D eigenvalue weighted by Crippen LogP contribution is -2.41. The van der Waals surface area contributed by atoms with Crippen LogP contribution in [-0.4, -0.2) is 23.1 Å². The summed E-state index contributed by atoms with van der Waals surface area (Å²) < 4.78 is 1.73. The number of pyridine rings is 1. The van der Waals surface area contributed by atoms with E-state index in [0.717, 1.165) is 19.4 Å². The maximum absolute atomic E-state index is 11.5. The first kappa shape index (κ1) is 19.0. The molecule has 0 radical (unpaired) electrons. The summed E-state index contributed by atoms with van der Waals surface area (Å²) in [6.07, 6.45) is 10.0. The van der Waals surface area contributed by atoms with E-state index in [9.17, 15) is 4.79 Å². The van der Waals surface area contributed by atoms with Crippen molar-refractivity contribution in [2.75, 3.05) is 6.54 Å². The third-order valence-electron chi connectivity index (χ3n) is 3.95. The summed E-state index contributed by atoms with van der Waals surface area (Å²) in [7, 11) is 0. The molecule has 0 atom stereocenters. The number of hydrogen-bond donors (Lipinski definition) is 2. The van der Waals surface area contributed by atoms with Gasteiger partial charge in [0.25, 0.3) is 0 Å². The molecule has 1 saturated carbocycles. The number of hydrogen-bond acceptors (Lipinski definition) is 2. The lowest BCUT2D eigenvalue weighted by molar-refractivity contribution is 0.412. The van der Waals surface area contributed by atoms with Gasteiger partial charge in [-0.05, 0) is 31.7 Å². The highest BCUT2D eigenvalue weighted by Gasteiger charge is 2.12. The number of aliphatic imine (C=N–C) groups is 1. The Balaban J connectivity index is 0.00000242. The Morgan fingerprint density at radius 1 is 1.27 bits per heavy atom. The van der Waals surface area contributed by atoms with Crippen molar-refractivity contribution < 1.29 is 0 Å². The van der Waals surface area contributed by atoms with Crippen LogP contribution in [0.2, 0.25) is 0 Å². The molecule has 0 aliphatic heterocycles. The zero-order valence-corrected chi connectivity index (χ0v) is 15.4. The van der Waals surface area contributed by atoms with Gasteiger partial charge in [-0.2, -0.15) is 0 Å². The Morgan fingerprint density at radius 2 is 2.05 bits per heavy atom. The van der Waals surface area contributed by atoms with Gasteiger partial charge in [-0.25, -0.2) is 0 Å². The minimum atomic E-state index is 0. The number of halogens is 1. The Kier molecular flexibility index (Phi) is 9.19. The summed E-state index contributed by atoms with van der Waals surface area (Å²) in [6, 6.07) is 5.74. The molecule has 0 aromatic carbocycles. The van der Waals surface area contributed by atoms with Crippen molar-refractivity contribution in [2.45, 2.75) is 57.5 Å². The Bertz CT molecular complexity index is 509. The third kappa shape index (κ3) is 6.81. The van der Waals surface area contributed by atoms with E-state index >= 15 is 0 Å². The van der Waals surface area contributed by atoms with Gasteiger partial charge in [-0.15, -0.1) is 24.0 Å². The predicted octanol–water partition coefficient (Wildman–Crippen LogP) is 2.48. The number of nitrogens with two attached hydrogens (primary N) is 1. The normalized spacial score (nSPS) is 16.1. The number of nitrogens with zero attached hydrogens (tertiary/aromatic N) is 2. The average Bonchev–Trinajstić information content (AvgIpc) is 2.50. The van der Waals surface area contributed by atoms with E-state index < -0.39 is 0 Å². The van der Waals surface area contributed by atoms with Crippen LogP contribution >= 0.6 is 24.0 Å². The fourth-order valence-corrected chi connectivity index (χ4v) is 2.74. The van der Waals surface area contributed by atoms with Crippen LogP contribution in [-0.2, 0) is 6.54 Å². The van der Waals surface area contributed by atoms with Crippen LogP contribution in [0.1, 0.15) is 44.9 Å². The molecule has 1 heterocycles. The highest BCUT2D eigenvalue weighted by atomic mass is 127. The Labute approximate surface area is 149 Å². The van der Waals surface area contributed by atoms with E-state index in [0.29, 0.717) is 18.5 Å². The third-order valence-corrected chi connectivity index (χ3v) is 3.95. The van der Waals surface area contributed by atoms with E-state index in [2.05, 4.69) is 10.3 Å². The minimum absolute atomic E-state index is 0. The number of aromatic nitrogens is 1. The van der Waals surface area contributed by atoms with Crippen molar-refractivity contribution in [1.29, 1.82) is 0 Å². The quantitative estimate of drug-likeness (QED) is 0.323. The predicted molar refractivity (Wildman–Crippen MR) is 102 cm³/mol. The lowest BCUT2D eigenvalue weighted by Gasteiger charge is -2.23. The molecule has 3 N–H and O–H groups in total. The van der Waals surface area contributed by atoms with E-state index in [1.165, 1.54) is 32.1 Å². The second-order valence-electron chi connectivity index (χ2n) is 5.69. The number of unbranched alkanes of at least 4 members (excludes halogenated alkanes) is 1. The van der Waals surface area contributed by atoms with Crippen LogP contribution in [0.5, 0.6) is 0 Å². The zero-order chi connectivity index (χ0) is 14.9. The molecule has 6 heteroatoms. The highest BCUT2D eigenvalue weighted by Crippen LogP contribution is 2.16. The molecule has 0 saturated heterocycles. The molecular formula is C16H27IN4O. The number of aryl methyl sites for hydroxylation is 1. The number of guanidine groups is 1. The van der Waals surface area contributed by atoms with Gasteiger partial charge >= 0.3 is 0 Å². The molecule has 1 aliphatic rings. The second kappa shape index (κ2) is 10.6. The Hall–Kier alpha value is -1.05. The minimum Gasteiger partial charge on any atom is -0.370 e. The number of rotatable bonds is 6. The monoisotopic (exact) mass is 418 g/mol. The molecule has 0 unspecified atom stereocenters. The first-order valence-electron chi connectivity index (χ1n) is 7.97. The molecule has 1 aromatic heterocycles. The van der Waals surface area contributed by atoms with Crippen molar-refractivity contribution in [3.63, 3.8) is 0 Å². The van der Waals surface area contributed by atoms with E-state index in [1.807, 2.05) is 12.3 Å². The van der Waals surface area contributed by atoms with Gasteiger partial charge in [0.2, 0.25) is 5.56 Å². The van der Waals surface area contributed by atoms with Crippen LogP contribution in [0.3, 0.4) is 0 Å². The van der Waals surface area contributed by atoms with Gasteiger partial charge in [0.1, 0.15) is 0 Å². The molecule has 1 fully saturated rings. The first-order valence-corrected chi connectivity index (χ1v) is 7.97. The van der Waals surface area contributed by atoms with Gasteiger partial charge in [-0.1, -0.05) is 25.3 Å². The van der Waals surface area contributed by atoms with Crippen molar-refractivity contribution >= 4 is 29.9 Å². The average molecular weight is 418 g/mol. The van der Waals surface area contributed by atoms with Gasteiger partial charge in [0.05, 0.1) is 0 Å². The Morgan fingerprint density at radius 3 is 2.77 bits per heavy atom. The van der Waals surface area contributed by atoms with Crippen LogP contribution in [0, 0.1) is 0 Å². The van der Waals surface area contributed by atoms with Gasteiger partial charge in [0.15, 0.2) is 5.96 Å². The molecule has 124 valence electrons. The standard InChI is InChI=1S/C16H26N4O.HI/c17-16(19-14-8-2-1-3-9-14)18-11-5-7-13-20-12-6-4-10-15(20)21;/h4,6,10,12,14H,1-3,5,7-9,11,13H2,(H3,17,18,19);1H. The summed E-state index contributed by atoms with van der Waals surface area (Å²) in [4.78, 5) is 15.9. The highest BCUT2D eigenvalue weighted by molar-refractivity contribution is 14.0. The molecule has 22 heavy (non-hydrogen) atoms. The van der Waals surface area contributed by atoms with E-state index in [-0.39, 0.29) is 29.5 Å². The van der Waals surface area contributed by atoms with E-state index in [1.54, 1.807) is 16.7 Å². The van der Waals surface area contributed by atoms with Crippen LogP contribution in [0.4, 0.5) is 0 Å². The van der Waals surface area contributed by atoms with Crippen molar-refractivity contribution in [2.24, 2.45) is 10.7 Å². The fraction of sp³-hybridized carbons (Fsp3) is 0.625. The summed E-state index contributed by atoms with van der Waals surface area (Å²) in [5.41, 5.74) is 5.96. The largest absolute Gasteiger partial charge is 0.370 e. The second-order valence-corrected chi connectivity index (χ2v) is 5.69. The molecule has 0 amide bonds. The van der Waals surface area contributed by atoms with Crippen LogP contribution in [0.15, 0.2) is 34.2 Å². The van der Waals surface area contributed by atoms with Crippen LogP contribution in [0.25, 0.3) is 0 Å². The molecule has 1 aliphatic carbocycles. The summed E-state index contributed by atoms with van der Waals surface area (Å²) in [5, 5.41) is 3.31. The molecule has 0 spiro atoms. The molecule has 2 rings (SSSR count). The van der Waals surface area contributed by atoms with Gasteiger partial charge in [0, 0.05) is 31.4 Å². The molecule has 1 aromatic rings. The van der Waals surface area contributed by atoms with Gasteiger partial charge < -0.3 is 15.6 Å². The van der Waals surface area contributed by atoms with Crippen molar-refractivity contribution in [3.05, 3.63) is 34.7 Å². The smallest absolute Gasteiger partial charge is 0.250 e.